The normalized spacial score (nSPS) is 11.2. The molecule has 0 saturated carbocycles. The maximum absolute atomic E-state index is 12.2. The minimum atomic E-state index is -3.63. The van der Waals surface area contributed by atoms with Crippen LogP contribution in [0.1, 0.15) is 5.56 Å². The lowest BCUT2D eigenvalue weighted by atomic mass is 10.2. The summed E-state index contributed by atoms with van der Waals surface area (Å²) < 4.78 is 24.4. The summed E-state index contributed by atoms with van der Waals surface area (Å²) in [7, 11) is -3.63. The Hall–Kier alpha value is -1.92. The third-order valence-electron chi connectivity index (χ3n) is 2.69. The molecule has 0 heterocycles. The van der Waals surface area contributed by atoms with Crippen LogP contribution >= 0.6 is 11.6 Å². The third kappa shape index (κ3) is 3.15. The topological polar surface area (TPSA) is 77.3 Å². The van der Waals surface area contributed by atoms with Gasteiger partial charge in [0, 0.05) is 16.7 Å². The van der Waals surface area contributed by atoms with Crippen molar-refractivity contribution >= 4 is 27.1 Å². The highest BCUT2D eigenvalue weighted by atomic mass is 35.5. The van der Waals surface area contributed by atoms with Gasteiger partial charge in [-0.3, -0.25) is 10.1 Å². The SMILES string of the molecule is O=[N+]([O-])c1cc(Cl)ccc1CS(=O)(=O)c1ccccc1. The van der Waals surface area contributed by atoms with Crippen LogP contribution in [0, 0.1) is 10.1 Å². The zero-order valence-corrected chi connectivity index (χ0v) is 11.8. The Kier molecular flexibility index (Phi) is 4.06. The largest absolute Gasteiger partial charge is 0.275 e. The number of nitro benzene ring substituents is 1. The van der Waals surface area contributed by atoms with Crippen LogP contribution in [0.3, 0.4) is 0 Å². The summed E-state index contributed by atoms with van der Waals surface area (Å²) in [6.45, 7) is 0. The van der Waals surface area contributed by atoms with Crippen molar-refractivity contribution in [1.82, 2.24) is 0 Å². The van der Waals surface area contributed by atoms with E-state index in [1.807, 2.05) is 0 Å². The van der Waals surface area contributed by atoms with Gasteiger partial charge in [-0.2, -0.15) is 0 Å². The molecule has 0 aromatic heterocycles. The van der Waals surface area contributed by atoms with Crippen LogP contribution in [0.15, 0.2) is 53.4 Å². The molecule has 0 bridgehead atoms. The highest BCUT2D eigenvalue weighted by Crippen LogP contribution is 2.26. The van der Waals surface area contributed by atoms with Gasteiger partial charge in [-0.15, -0.1) is 0 Å². The third-order valence-corrected chi connectivity index (χ3v) is 4.61. The first kappa shape index (κ1) is 14.5. The Morgan fingerprint density at radius 2 is 1.75 bits per heavy atom. The van der Waals surface area contributed by atoms with E-state index in [0.717, 1.165) is 6.07 Å². The molecule has 5 nitrogen and oxygen atoms in total. The first-order valence-electron chi connectivity index (χ1n) is 5.61. The van der Waals surface area contributed by atoms with E-state index in [4.69, 9.17) is 11.6 Å². The Labute approximate surface area is 120 Å². The van der Waals surface area contributed by atoms with Gasteiger partial charge < -0.3 is 0 Å². The van der Waals surface area contributed by atoms with E-state index >= 15 is 0 Å². The fourth-order valence-corrected chi connectivity index (χ4v) is 3.30. The van der Waals surface area contributed by atoms with Crippen molar-refractivity contribution in [3.63, 3.8) is 0 Å². The fourth-order valence-electron chi connectivity index (χ4n) is 1.74. The summed E-state index contributed by atoms with van der Waals surface area (Å²) in [5.74, 6) is -0.440. The average Bonchev–Trinajstić information content (AvgIpc) is 2.41. The molecule has 0 aliphatic rings. The van der Waals surface area contributed by atoms with Crippen LogP contribution in [0.5, 0.6) is 0 Å². The molecule has 20 heavy (non-hydrogen) atoms. The second-order valence-corrected chi connectivity index (χ2v) is 6.53. The second kappa shape index (κ2) is 5.60. The summed E-state index contributed by atoms with van der Waals surface area (Å²) in [6.07, 6.45) is 0. The molecule has 0 saturated heterocycles. The van der Waals surface area contributed by atoms with E-state index in [-0.39, 0.29) is 21.2 Å². The molecule has 0 amide bonds. The molecular formula is C13H10ClNO4S. The summed E-state index contributed by atoms with van der Waals surface area (Å²) >= 11 is 5.70. The molecule has 2 aromatic carbocycles. The number of hydrogen-bond donors (Lipinski definition) is 0. The quantitative estimate of drug-likeness (QED) is 0.641. The van der Waals surface area contributed by atoms with E-state index in [0.29, 0.717) is 0 Å². The van der Waals surface area contributed by atoms with E-state index in [1.54, 1.807) is 18.2 Å². The van der Waals surface area contributed by atoms with Crippen molar-refractivity contribution in [2.75, 3.05) is 0 Å². The van der Waals surface area contributed by atoms with Crippen molar-refractivity contribution in [2.45, 2.75) is 10.6 Å². The van der Waals surface area contributed by atoms with Crippen LogP contribution in [0.25, 0.3) is 0 Å². The molecule has 104 valence electrons. The Bertz CT molecular complexity index is 744. The van der Waals surface area contributed by atoms with Crippen molar-refractivity contribution in [3.05, 3.63) is 69.2 Å². The minimum Gasteiger partial charge on any atom is -0.258 e. The number of hydrogen-bond acceptors (Lipinski definition) is 4. The molecule has 0 aliphatic heterocycles. The summed E-state index contributed by atoms with van der Waals surface area (Å²) in [5, 5.41) is 11.1. The van der Waals surface area contributed by atoms with Crippen molar-refractivity contribution < 1.29 is 13.3 Å². The maximum atomic E-state index is 12.2. The number of sulfone groups is 1. The Morgan fingerprint density at radius 3 is 2.35 bits per heavy atom. The van der Waals surface area contributed by atoms with Crippen LogP contribution in [-0.2, 0) is 15.6 Å². The zero-order valence-electron chi connectivity index (χ0n) is 10.2. The van der Waals surface area contributed by atoms with Gasteiger partial charge >= 0.3 is 0 Å². The molecule has 0 aliphatic carbocycles. The first-order chi connectivity index (χ1) is 9.40. The molecule has 0 atom stereocenters. The summed E-state index contributed by atoms with van der Waals surface area (Å²) in [5.41, 5.74) is -0.180. The van der Waals surface area contributed by atoms with Gasteiger partial charge in [0.1, 0.15) is 0 Å². The lowest BCUT2D eigenvalue weighted by Gasteiger charge is -2.05. The summed E-state index contributed by atoms with van der Waals surface area (Å²) in [4.78, 5) is 10.4. The van der Waals surface area contributed by atoms with Gasteiger partial charge in [-0.1, -0.05) is 29.8 Å². The standard InChI is InChI=1S/C13H10ClNO4S/c14-11-7-6-10(13(8-11)15(16)17)9-20(18,19)12-4-2-1-3-5-12/h1-8H,9H2. The van der Waals surface area contributed by atoms with Crippen molar-refractivity contribution in [2.24, 2.45) is 0 Å². The molecule has 7 heteroatoms. The van der Waals surface area contributed by atoms with Crippen LogP contribution in [0.2, 0.25) is 5.02 Å². The predicted molar refractivity (Wildman–Crippen MR) is 75.4 cm³/mol. The van der Waals surface area contributed by atoms with Crippen LogP contribution in [-0.4, -0.2) is 13.3 Å². The van der Waals surface area contributed by atoms with E-state index in [9.17, 15) is 18.5 Å². The maximum Gasteiger partial charge on any atom is 0.275 e. The number of halogens is 1. The Balaban J connectivity index is 2.43. The summed E-state index contributed by atoms with van der Waals surface area (Å²) in [6, 6.07) is 11.8. The van der Waals surface area contributed by atoms with Gasteiger partial charge in [0.2, 0.25) is 0 Å². The van der Waals surface area contributed by atoms with Crippen LogP contribution < -0.4 is 0 Å². The van der Waals surface area contributed by atoms with Gasteiger partial charge in [0.05, 0.1) is 15.6 Å². The number of nitrogens with zero attached hydrogens (tertiary/aromatic N) is 1. The van der Waals surface area contributed by atoms with Gasteiger partial charge in [-0.05, 0) is 24.3 Å². The molecule has 2 aromatic rings. The second-order valence-electron chi connectivity index (χ2n) is 4.10. The number of rotatable bonds is 4. The number of benzene rings is 2. The highest BCUT2D eigenvalue weighted by molar-refractivity contribution is 7.90. The van der Waals surface area contributed by atoms with Crippen LogP contribution in [0.4, 0.5) is 5.69 Å². The van der Waals surface area contributed by atoms with Gasteiger partial charge in [-0.25, -0.2) is 8.42 Å². The molecule has 0 spiro atoms. The van der Waals surface area contributed by atoms with E-state index in [1.165, 1.54) is 24.3 Å². The zero-order chi connectivity index (χ0) is 14.8. The highest BCUT2D eigenvalue weighted by Gasteiger charge is 2.22. The average molecular weight is 312 g/mol. The first-order valence-corrected chi connectivity index (χ1v) is 7.64. The predicted octanol–water partition coefficient (Wildman–Crippen LogP) is 3.22. The van der Waals surface area contributed by atoms with Gasteiger partial charge in [0.25, 0.3) is 5.69 Å². The monoisotopic (exact) mass is 311 g/mol. The van der Waals surface area contributed by atoms with Gasteiger partial charge in [0.15, 0.2) is 9.84 Å². The molecule has 0 unspecified atom stereocenters. The Morgan fingerprint density at radius 1 is 1.10 bits per heavy atom. The molecule has 0 radical (unpaired) electrons. The lowest BCUT2D eigenvalue weighted by Crippen LogP contribution is -2.07. The number of nitro groups is 1. The minimum absolute atomic E-state index is 0.114. The van der Waals surface area contributed by atoms with Crippen molar-refractivity contribution in [1.29, 1.82) is 0 Å². The van der Waals surface area contributed by atoms with Crippen molar-refractivity contribution in [3.8, 4) is 0 Å². The molecular weight excluding hydrogens is 302 g/mol. The molecule has 0 N–H and O–H groups in total. The molecule has 2 rings (SSSR count). The van der Waals surface area contributed by atoms with E-state index < -0.39 is 20.5 Å². The molecule has 0 fully saturated rings. The lowest BCUT2D eigenvalue weighted by molar-refractivity contribution is -0.385. The smallest absolute Gasteiger partial charge is 0.258 e. The van der Waals surface area contributed by atoms with E-state index in [2.05, 4.69) is 0 Å². The fraction of sp³-hybridized carbons (Fsp3) is 0.0769.